The van der Waals surface area contributed by atoms with Gasteiger partial charge in [-0.25, -0.2) is 0 Å². The Bertz CT molecular complexity index is 210. The molecule has 0 amide bonds. The van der Waals surface area contributed by atoms with Gasteiger partial charge in [-0.15, -0.1) is 0 Å². The minimum Gasteiger partial charge on any atom is -0.480 e. The highest BCUT2D eigenvalue weighted by atomic mass is 16.5. The molecule has 1 aliphatic heterocycles. The molecule has 2 N–H and O–H groups in total. The van der Waals surface area contributed by atoms with Gasteiger partial charge in [-0.1, -0.05) is 6.92 Å². The van der Waals surface area contributed by atoms with E-state index in [4.69, 9.17) is 9.84 Å². The normalized spacial score (nSPS) is 27.1. The average molecular weight is 217 g/mol. The Kier molecular flexibility index (Phi) is 5.01. The molecular formula is C10H19NO4. The molecule has 1 aliphatic rings. The van der Waals surface area contributed by atoms with Crippen molar-refractivity contribution in [2.45, 2.75) is 31.9 Å². The van der Waals surface area contributed by atoms with Crippen LogP contribution in [0, 0.1) is 0 Å². The molecule has 1 fully saturated rings. The number of hydrogen-bond donors (Lipinski definition) is 2. The molecule has 88 valence electrons. The van der Waals surface area contributed by atoms with Gasteiger partial charge in [0.2, 0.25) is 0 Å². The summed E-state index contributed by atoms with van der Waals surface area (Å²) in [5.74, 6) is -0.859. The second-order valence-electron chi connectivity index (χ2n) is 3.85. The topological polar surface area (TPSA) is 70.0 Å². The number of carbonyl (C=O) groups is 1. The predicted octanol–water partition coefficient (Wildman–Crippen LogP) is -0.0672. The highest BCUT2D eigenvalue weighted by Gasteiger charge is 2.35. The summed E-state index contributed by atoms with van der Waals surface area (Å²) in [6, 6.07) is -0.551. The van der Waals surface area contributed by atoms with E-state index in [-0.39, 0.29) is 0 Å². The fraction of sp³-hybridized carbons (Fsp3) is 0.900. The van der Waals surface area contributed by atoms with Crippen LogP contribution in [0.4, 0.5) is 0 Å². The van der Waals surface area contributed by atoms with Gasteiger partial charge in [0, 0.05) is 26.1 Å². The van der Waals surface area contributed by atoms with E-state index in [2.05, 4.69) is 0 Å². The van der Waals surface area contributed by atoms with E-state index >= 15 is 0 Å². The van der Waals surface area contributed by atoms with Crippen LogP contribution < -0.4 is 0 Å². The van der Waals surface area contributed by atoms with Crippen molar-refractivity contribution in [3.8, 4) is 0 Å². The Morgan fingerprint density at radius 3 is 2.87 bits per heavy atom. The van der Waals surface area contributed by atoms with Crippen molar-refractivity contribution in [3.63, 3.8) is 0 Å². The Hall–Kier alpha value is -0.650. The second-order valence-corrected chi connectivity index (χ2v) is 3.85. The molecule has 0 aromatic rings. The van der Waals surface area contributed by atoms with Crippen LogP contribution in [-0.4, -0.2) is 59.5 Å². The molecule has 1 rings (SSSR count). The smallest absolute Gasteiger partial charge is 0.321 e. The zero-order valence-electron chi connectivity index (χ0n) is 9.06. The summed E-state index contributed by atoms with van der Waals surface area (Å²) in [4.78, 5) is 12.6. The van der Waals surface area contributed by atoms with E-state index in [0.717, 1.165) is 6.42 Å². The Balaban J connectivity index is 2.29. The fourth-order valence-corrected chi connectivity index (χ4v) is 1.81. The number of β-amino-alcohol motifs (C(OH)–C–C–N with tert-alkyl or cyclic N) is 1. The zero-order valence-corrected chi connectivity index (χ0v) is 9.06. The van der Waals surface area contributed by atoms with Crippen molar-refractivity contribution in [2.75, 3.05) is 26.3 Å². The molecule has 0 aromatic carbocycles. The first kappa shape index (κ1) is 12.4. The van der Waals surface area contributed by atoms with Crippen molar-refractivity contribution >= 4 is 5.97 Å². The average Bonchev–Trinajstić information content (AvgIpc) is 2.55. The molecule has 2 unspecified atom stereocenters. The number of carboxylic acids is 1. The van der Waals surface area contributed by atoms with Gasteiger partial charge in [-0.2, -0.15) is 0 Å². The van der Waals surface area contributed by atoms with Crippen molar-refractivity contribution in [1.82, 2.24) is 4.90 Å². The molecule has 0 bridgehead atoms. The standard InChI is InChI=1S/C10H19NO4/c1-2-4-15-5-3-11-7-8(12)6-9(11)10(13)14/h8-9,12H,2-7H2,1H3,(H,13,14). The zero-order chi connectivity index (χ0) is 11.3. The summed E-state index contributed by atoms with van der Waals surface area (Å²) < 4.78 is 5.29. The number of aliphatic carboxylic acids is 1. The maximum absolute atomic E-state index is 10.9. The van der Waals surface area contributed by atoms with E-state index in [9.17, 15) is 9.90 Å². The van der Waals surface area contributed by atoms with Gasteiger partial charge < -0.3 is 14.9 Å². The third-order valence-electron chi connectivity index (χ3n) is 2.54. The highest BCUT2D eigenvalue weighted by Crippen LogP contribution is 2.17. The molecule has 0 aromatic heterocycles. The third kappa shape index (κ3) is 3.77. The van der Waals surface area contributed by atoms with Crippen molar-refractivity contribution in [2.24, 2.45) is 0 Å². The quantitative estimate of drug-likeness (QED) is 0.610. The molecule has 0 aliphatic carbocycles. The molecule has 2 atom stereocenters. The maximum Gasteiger partial charge on any atom is 0.321 e. The monoisotopic (exact) mass is 217 g/mol. The van der Waals surface area contributed by atoms with Crippen LogP contribution in [0.5, 0.6) is 0 Å². The molecule has 0 radical (unpaired) electrons. The molecule has 0 saturated carbocycles. The number of carboxylic acid groups (broad SMARTS) is 1. The van der Waals surface area contributed by atoms with Crippen LogP contribution in [0.1, 0.15) is 19.8 Å². The first-order valence-electron chi connectivity index (χ1n) is 5.37. The molecule has 1 saturated heterocycles. The van der Waals surface area contributed by atoms with Crippen molar-refractivity contribution in [1.29, 1.82) is 0 Å². The van der Waals surface area contributed by atoms with Crippen molar-refractivity contribution < 1.29 is 19.7 Å². The lowest BCUT2D eigenvalue weighted by molar-refractivity contribution is -0.142. The van der Waals surface area contributed by atoms with Gasteiger partial charge in [0.25, 0.3) is 0 Å². The summed E-state index contributed by atoms with van der Waals surface area (Å²) in [5, 5.41) is 18.3. The van der Waals surface area contributed by atoms with Crippen LogP contribution >= 0.6 is 0 Å². The molecular weight excluding hydrogens is 198 g/mol. The Morgan fingerprint density at radius 1 is 1.53 bits per heavy atom. The summed E-state index contributed by atoms with van der Waals surface area (Å²) in [6.45, 7) is 4.28. The predicted molar refractivity (Wildman–Crippen MR) is 54.7 cm³/mol. The van der Waals surface area contributed by atoms with Crippen molar-refractivity contribution in [3.05, 3.63) is 0 Å². The first-order chi connectivity index (χ1) is 7.15. The number of aliphatic hydroxyl groups excluding tert-OH is 1. The van der Waals surface area contributed by atoms with Crippen LogP contribution in [0.25, 0.3) is 0 Å². The van der Waals surface area contributed by atoms with Gasteiger partial charge in [0.05, 0.1) is 12.7 Å². The minimum atomic E-state index is -0.859. The van der Waals surface area contributed by atoms with Crippen LogP contribution in [-0.2, 0) is 9.53 Å². The summed E-state index contributed by atoms with van der Waals surface area (Å²) in [6.07, 6.45) is 0.769. The van der Waals surface area contributed by atoms with Crippen LogP contribution in [0.15, 0.2) is 0 Å². The molecule has 15 heavy (non-hydrogen) atoms. The first-order valence-corrected chi connectivity index (χ1v) is 5.37. The number of aliphatic hydroxyl groups is 1. The van der Waals surface area contributed by atoms with Crippen LogP contribution in [0.3, 0.4) is 0 Å². The van der Waals surface area contributed by atoms with Gasteiger partial charge in [0.1, 0.15) is 6.04 Å². The molecule has 1 heterocycles. The summed E-state index contributed by atoms with van der Waals surface area (Å²) in [5.41, 5.74) is 0. The summed E-state index contributed by atoms with van der Waals surface area (Å²) >= 11 is 0. The Labute approximate surface area is 89.6 Å². The van der Waals surface area contributed by atoms with Gasteiger partial charge >= 0.3 is 5.97 Å². The van der Waals surface area contributed by atoms with E-state index < -0.39 is 18.1 Å². The number of nitrogens with zero attached hydrogens (tertiary/aromatic N) is 1. The largest absolute Gasteiger partial charge is 0.480 e. The van der Waals surface area contributed by atoms with E-state index in [1.165, 1.54) is 0 Å². The molecule has 0 spiro atoms. The number of rotatable bonds is 6. The second kappa shape index (κ2) is 6.05. The van der Waals surface area contributed by atoms with Gasteiger partial charge in [-0.05, 0) is 6.42 Å². The number of hydrogen-bond acceptors (Lipinski definition) is 4. The lowest BCUT2D eigenvalue weighted by Gasteiger charge is -2.20. The van der Waals surface area contributed by atoms with E-state index in [1.54, 1.807) is 4.90 Å². The van der Waals surface area contributed by atoms with E-state index in [0.29, 0.717) is 32.7 Å². The van der Waals surface area contributed by atoms with Gasteiger partial charge in [-0.3, -0.25) is 9.69 Å². The van der Waals surface area contributed by atoms with Gasteiger partial charge in [0.15, 0.2) is 0 Å². The molecule has 5 nitrogen and oxygen atoms in total. The lowest BCUT2D eigenvalue weighted by Crippen LogP contribution is -2.38. The fourth-order valence-electron chi connectivity index (χ4n) is 1.81. The number of likely N-dealkylation sites (tertiary alicyclic amines) is 1. The maximum atomic E-state index is 10.9. The highest BCUT2D eigenvalue weighted by molar-refractivity contribution is 5.74. The summed E-state index contributed by atoms with van der Waals surface area (Å²) in [7, 11) is 0. The number of ether oxygens (including phenoxy) is 1. The van der Waals surface area contributed by atoms with Crippen LogP contribution in [0.2, 0.25) is 0 Å². The molecule has 5 heteroatoms. The third-order valence-corrected chi connectivity index (χ3v) is 2.54. The Morgan fingerprint density at radius 2 is 2.27 bits per heavy atom. The minimum absolute atomic E-state index is 0.323. The SMILES string of the molecule is CCCOCCN1CC(O)CC1C(=O)O. The van der Waals surface area contributed by atoms with E-state index in [1.807, 2.05) is 6.92 Å². The lowest BCUT2D eigenvalue weighted by atomic mass is 10.2.